The van der Waals surface area contributed by atoms with E-state index in [1.54, 1.807) is 0 Å². The van der Waals surface area contributed by atoms with Gasteiger partial charge in [0.1, 0.15) is 0 Å². The topological polar surface area (TPSA) is 37.3 Å². The molecule has 0 unspecified atom stereocenters. The van der Waals surface area contributed by atoms with Crippen LogP contribution in [0.3, 0.4) is 0 Å². The van der Waals surface area contributed by atoms with E-state index in [1.165, 1.54) is 4.18 Å². The molecule has 0 aromatic rings. The van der Waals surface area contributed by atoms with Crippen molar-refractivity contribution in [1.82, 2.24) is 0 Å². The van der Waals surface area contributed by atoms with Crippen LogP contribution in [0.2, 0.25) is 4.18 Å². The Hall–Kier alpha value is 0.0801. The zero-order valence-electron chi connectivity index (χ0n) is 4.42. The summed E-state index contributed by atoms with van der Waals surface area (Å²) in [7, 11) is 0. The Bertz CT molecular complexity index is 139. The first-order chi connectivity index (χ1) is 3.80. The first-order valence-electron chi connectivity index (χ1n) is 2.57. The van der Waals surface area contributed by atoms with E-state index < -0.39 is 28.9 Å². The second-order valence-electron chi connectivity index (χ2n) is 1.75. The Labute approximate surface area is 58.9 Å². The van der Waals surface area contributed by atoms with Crippen LogP contribution in [0.25, 0.3) is 0 Å². The Morgan fingerprint density at radius 1 is 1.88 bits per heavy atom. The monoisotopic (exact) mass is 213 g/mol. The molecule has 0 bridgehead atoms. The van der Waals surface area contributed by atoms with Crippen LogP contribution in [-0.4, -0.2) is 34.0 Å². The summed E-state index contributed by atoms with van der Waals surface area (Å²) < 4.78 is 1.98. The molecule has 0 aromatic carbocycles. The minimum absolute atomic E-state index is 0.663. The van der Waals surface area contributed by atoms with E-state index in [0.29, 0.717) is 0 Å². The first kappa shape index (κ1) is 6.20. The summed E-state index contributed by atoms with van der Waals surface area (Å²) >= 11 is -0.729. The van der Waals surface area contributed by atoms with Crippen LogP contribution >= 0.6 is 0 Å². The van der Waals surface area contributed by atoms with E-state index in [1.807, 2.05) is 6.08 Å². The summed E-state index contributed by atoms with van der Waals surface area (Å²) in [5, 5.41) is 8.39. The van der Waals surface area contributed by atoms with Crippen molar-refractivity contribution in [3.63, 3.8) is 0 Å². The zero-order chi connectivity index (χ0) is 5.98. The van der Waals surface area contributed by atoms with Crippen LogP contribution in [0.5, 0.6) is 0 Å². The van der Waals surface area contributed by atoms with Gasteiger partial charge in [-0.2, -0.15) is 0 Å². The van der Waals surface area contributed by atoms with Crippen molar-refractivity contribution in [3.8, 4) is 0 Å². The van der Waals surface area contributed by atoms with Crippen LogP contribution in [0.1, 0.15) is 6.42 Å². The molecule has 1 rings (SSSR count). The predicted octanol–water partition coefficient (Wildman–Crippen LogP) is 0.481. The molecule has 0 aliphatic carbocycles. The van der Waals surface area contributed by atoms with E-state index in [0.717, 1.165) is 9.75 Å². The number of carboxylic acid groups (broad SMARTS) is 1. The molecule has 0 saturated heterocycles. The van der Waals surface area contributed by atoms with Gasteiger partial charge in [0.2, 0.25) is 0 Å². The standard InChI is InChI=1S/C5H6O2.In/c1-2-3-4-5(6)7;/h3H,1-2H2,(H,6,7);. The van der Waals surface area contributed by atoms with Crippen molar-refractivity contribution in [3.05, 3.63) is 9.41 Å². The molecule has 8 heavy (non-hydrogen) atoms. The fraction of sp³-hybridized carbons (Fsp3) is 0.400. The zero-order valence-corrected chi connectivity index (χ0v) is 7.72. The number of hydrogen-bond donors (Lipinski definition) is 1. The second-order valence-corrected chi connectivity index (χ2v) is 6.33. The fourth-order valence-electron chi connectivity index (χ4n) is 0.736. The number of aliphatic carboxylic acids is 1. The molecule has 3 heteroatoms. The van der Waals surface area contributed by atoms with Gasteiger partial charge in [0.15, 0.2) is 0 Å². The SMILES string of the molecule is O=C(O)[C]1=CC[CH2][In]1. The van der Waals surface area contributed by atoms with E-state index in [4.69, 9.17) is 5.11 Å². The van der Waals surface area contributed by atoms with Crippen molar-refractivity contribution in [1.29, 1.82) is 0 Å². The number of carboxylic acids is 1. The van der Waals surface area contributed by atoms with Gasteiger partial charge in [-0.15, -0.1) is 0 Å². The Kier molecular flexibility index (Phi) is 2.00. The molecule has 1 aliphatic heterocycles. The molecule has 1 heterocycles. The van der Waals surface area contributed by atoms with Crippen molar-refractivity contribution >= 4 is 28.9 Å². The molecule has 1 N–H and O–H groups in total. The Morgan fingerprint density at radius 3 is 2.88 bits per heavy atom. The van der Waals surface area contributed by atoms with Gasteiger partial charge in [-0.1, -0.05) is 0 Å². The summed E-state index contributed by atoms with van der Waals surface area (Å²) in [6, 6.07) is 0. The Balaban J connectivity index is 2.57. The van der Waals surface area contributed by atoms with E-state index in [-0.39, 0.29) is 0 Å². The van der Waals surface area contributed by atoms with Crippen molar-refractivity contribution in [2.45, 2.75) is 10.6 Å². The number of hydrogen-bond acceptors (Lipinski definition) is 1. The average Bonchev–Trinajstić information content (AvgIpc) is 2.12. The van der Waals surface area contributed by atoms with Crippen LogP contribution in [-0.2, 0) is 4.79 Å². The normalized spacial score (nSPS) is 17.2. The number of rotatable bonds is 1. The summed E-state index contributed by atoms with van der Waals surface area (Å²) in [5.74, 6) is -0.663. The third-order valence-electron chi connectivity index (χ3n) is 1.14. The molecule has 1 aliphatic rings. The van der Waals surface area contributed by atoms with E-state index >= 15 is 0 Å². The van der Waals surface area contributed by atoms with Crippen LogP contribution in [0, 0.1) is 0 Å². The molecule has 41 valence electrons. The van der Waals surface area contributed by atoms with Gasteiger partial charge in [-0.25, -0.2) is 0 Å². The molecular weight excluding hydrogens is 207 g/mol. The summed E-state index contributed by atoms with van der Waals surface area (Å²) in [4.78, 5) is 10.2. The molecule has 0 atom stereocenters. The third-order valence-corrected chi connectivity index (χ3v) is 5.55. The maximum atomic E-state index is 10.2. The average molecular weight is 213 g/mol. The van der Waals surface area contributed by atoms with Gasteiger partial charge < -0.3 is 0 Å². The fourth-order valence-corrected chi connectivity index (χ4v) is 4.02. The molecular formula is C5H6InO2. The number of allylic oxidation sites excluding steroid dienone is 1. The predicted molar refractivity (Wildman–Crippen MR) is 30.9 cm³/mol. The molecule has 0 fully saturated rings. The van der Waals surface area contributed by atoms with Gasteiger partial charge in [0.25, 0.3) is 0 Å². The molecule has 0 aromatic heterocycles. The van der Waals surface area contributed by atoms with Crippen molar-refractivity contribution < 1.29 is 9.90 Å². The summed E-state index contributed by atoms with van der Waals surface area (Å²) in [6.45, 7) is 0. The van der Waals surface area contributed by atoms with Crippen LogP contribution in [0.15, 0.2) is 9.41 Å². The van der Waals surface area contributed by atoms with Crippen molar-refractivity contribution in [2.75, 3.05) is 0 Å². The molecule has 2 nitrogen and oxygen atoms in total. The number of carbonyl (C=O) groups is 1. The van der Waals surface area contributed by atoms with Gasteiger partial charge in [0, 0.05) is 0 Å². The molecule has 0 amide bonds. The Morgan fingerprint density at radius 2 is 2.62 bits per heavy atom. The third kappa shape index (κ3) is 1.28. The molecule has 0 saturated carbocycles. The maximum absolute atomic E-state index is 10.2. The second kappa shape index (κ2) is 2.58. The van der Waals surface area contributed by atoms with Crippen LogP contribution in [0.4, 0.5) is 0 Å². The van der Waals surface area contributed by atoms with Gasteiger partial charge in [-0.05, 0) is 0 Å². The van der Waals surface area contributed by atoms with Crippen LogP contribution < -0.4 is 0 Å². The quantitative estimate of drug-likeness (QED) is 0.687. The van der Waals surface area contributed by atoms with Gasteiger partial charge >= 0.3 is 58.8 Å². The van der Waals surface area contributed by atoms with E-state index in [2.05, 4.69) is 0 Å². The molecule has 0 spiro atoms. The van der Waals surface area contributed by atoms with E-state index in [9.17, 15) is 4.79 Å². The molecule has 1 radical (unpaired) electrons. The summed E-state index contributed by atoms with van der Waals surface area (Å²) in [6.07, 6.45) is 2.91. The van der Waals surface area contributed by atoms with Gasteiger partial charge in [0.05, 0.1) is 0 Å². The summed E-state index contributed by atoms with van der Waals surface area (Å²) in [5.41, 5.74) is 0. The minimum atomic E-state index is -0.729. The first-order valence-corrected chi connectivity index (χ1v) is 6.55. The van der Waals surface area contributed by atoms with Crippen molar-refractivity contribution in [2.24, 2.45) is 0 Å². The van der Waals surface area contributed by atoms with Gasteiger partial charge in [-0.3, -0.25) is 0 Å².